The molecule has 0 aliphatic carbocycles. The van der Waals surface area contributed by atoms with Gasteiger partial charge in [0, 0.05) is 76.6 Å². The van der Waals surface area contributed by atoms with Crippen molar-refractivity contribution in [1.82, 2.24) is 19.6 Å². The van der Waals surface area contributed by atoms with Gasteiger partial charge in [-0.3, -0.25) is 14.7 Å². The van der Waals surface area contributed by atoms with Crippen LogP contribution in [0.2, 0.25) is 0 Å². The lowest BCUT2D eigenvalue weighted by Crippen LogP contribution is -2.46. The van der Waals surface area contributed by atoms with E-state index in [2.05, 4.69) is 42.7 Å². The van der Waals surface area contributed by atoms with Gasteiger partial charge in [-0.05, 0) is 54.7 Å². The Hall–Kier alpha value is -2.90. The lowest BCUT2D eigenvalue weighted by atomic mass is 10.0. The molecule has 1 N–H and O–H groups in total. The van der Waals surface area contributed by atoms with Crippen LogP contribution in [0.1, 0.15) is 28.8 Å². The normalized spacial score (nSPS) is 18.2. The summed E-state index contributed by atoms with van der Waals surface area (Å²) in [6.45, 7) is 7.20. The van der Waals surface area contributed by atoms with Crippen molar-refractivity contribution in [3.8, 4) is 0 Å². The van der Waals surface area contributed by atoms with Crippen molar-refractivity contribution < 1.29 is 9.53 Å². The molecule has 2 saturated heterocycles. The van der Waals surface area contributed by atoms with Crippen molar-refractivity contribution in [2.75, 3.05) is 50.8 Å². The smallest absolute Gasteiger partial charge is 0.252 e. The van der Waals surface area contributed by atoms with Crippen molar-refractivity contribution in [2.45, 2.75) is 19.4 Å². The first kappa shape index (κ1) is 21.0. The molecule has 0 spiro atoms. The number of carbonyl (C=O) groups is 1. The molecule has 0 unspecified atom stereocenters. The van der Waals surface area contributed by atoms with E-state index in [4.69, 9.17) is 4.74 Å². The van der Waals surface area contributed by atoms with E-state index in [1.165, 1.54) is 5.56 Å². The number of fused-ring (bicyclic) bond motifs is 1. The van der Waals surface area contributed by atoms with Gasteiger partial charge in [-0.15, -0.1) is 0 Å². The molecular weight excluding hydrogens is 402 g/mol. The van der Waals surface area contributed by atoms with Crippen LogP contribution in [-0.4, -0.2) is 66.1 Å². The van der Waals surface area contributed by atoms with Gasteiger partial charge in [0.05, 0.1) is 5.56 Å². The first-order valence-corrected chi connectivity index (χ1v) is 11.6. The third kappa shape index (κ3) is 4.79. The fourth-order valence-corrected chi connectivity index (χ4v) is 4.65. The Bertz CT molecular complexity index is 1040. The van der Waals surface area contributed by atoms with E-state index in [0.29, 0.717) is 11.5 Å². The second-order valence-electron chi connectivity index (χ2n) is 8.79. The van der Waals surface area contributed by atoms with E-state index in [1.807, 2.05) is 36.8 Å². The molecule has 7 nitrogen and oxygen atoms in total. The molecule has 168 valence electrons. The number of rotatable bonds is 6. The van der Waals surface area contributed by atoms with Gasteiger partial charge in [0.2, 0.25) is 0 Å². The van der Waals surface area contributed by atoms with E-state index in [-0.39, 0.29) is 5.91 Å². The third-order valence-electron chi connectivity index (χ3n) is 6.61. The second-order valence-corrected chi connectivity index (χ2v) is 8.79. The van der Waals surface area contributed by atoms with Crippen LogP contribution in [-0.2, 0) is 11.3 Å². The van der Waals surface area contributed by atoms with Crippen molar-refractivity contribution in [2.24, 2.45) is 5.92 Å². The van der Waals surface area contributed by atoms with Gasteiger partial charge in [-0.25, -0.2) is 0 Å². The maximum Gasteiger partial charge on any atom is 0.252 e. The Labute approximate surface area is 189 Å². The van der Waals surface area contributed by atoms with E-state index in [1.54, 1.807) is 0 Å². The average molecular weight is 434 g/mol. The quantitative estimate of drug-likeness (QED) is 0.648. The van der Waals surface area contributed by atoms with Crippen LogP contribution < -0.4 is 10.2 Å². The van der Waals surface area contributed by atoms with Crippen LogP contribution in [0.3, 0.4) is 0 Å². The molecule has 2 aliphatic heterocycles. The maximum atomic E-state index is 12.8. The van der Waals surface area contributed by atoms with Crippen LogP contribution >= 0.6 is 0 Å². The summed E-state index contributed by atoms with van der Waals surface area (Å²) >= 11 is 0. The van der Waals surface area contributed by atoms with Crippen LogP contribution in [0, 0.1) is 5.92 Å². The Morgan fingerprint density at radius 3 is 2.66 bits per heavy atom. The van der Waals surface area contributed by atoms with Crippen molar-refractivity contribution in [3.05, 3.63) is 66.1 Å². The molecule has 7 heteroatoms. The summed E-state index contributed by atoms with van der Waals surface area (Å²) in [5.41, 5.74) is 3.07. The summed E-state index contributed by atoms with van der Waals surface area (Å²) in [4.78, 5) is 21.9. The van der Waals surface area contributed by atoms with Crippen molar-refractivity contribution in [3.63, 3.8) is 0 Å². The molecule has 3 aromatic heterocycles. The van der Waals surface area contributed by atoms with Crippen molar-refractivity contribution in [1.29, 1.82) is 0 Å². The topological polar surface area (TPSA) is 62.1 Å². The van der Waals surface area contributed by atoms with E-state index in [0.717, 1.165) is 76.7 Å². The molecule has 5 rings (SSSR count). The third-order valence-corrected chi connectivity index (χ3v) is 6.61. The minimum atomic E-state index is -0.000619. The number of ether oxygens (including phenoxy) is 1. The van der Waals surface area contributed by atoms with Crippen LogP contribution in [0.25, 0.3) is 5.52 Å². The molecular formula is C25H31N5O2. The zero-order chi connectivity index (χ0) is 21.8. The molecule has 3 aromatic rings. The predicted molar refractivity (Wildman–Crippen MR) is 125 cm³/mol. The molecule has 0 aromatic carbocycles. The average Bonchev–Trinajstić information content (AvgIpc) is 3.28. The first-order chi connectivity index (χ1) is 15.8. The highest BCUT2D eigenvalue weighted by Crippen LogP contribution is 2.22. The number of piperazine rings is 1. The van der Waals surface area contributed by atoms with E-state index in [9.17, 15) is 4.79 Å². The Balaban J connectivity index is 1.22. The lowest BCUT2D eigenvalue weighted by Gasteiger charge is -2.35. The Kier molecular flexibility index (Phi) is 6.36. The van der Waals surface area contributed by atoms with Crippen LogP contribution in [0.15, 0.2) is 55.0 Å². The summed E-state index contributed by atoms with van der Waals surface area (Å²) in [5, 5.41) is 3.12. The summed E-state index contributed by atoms with van der Waals surface area (Å²) in [7, 11) is 0. The fourth-order valence-electron chi connectivity index (χ4n) is 4.65. The summed E-state index contributed by atoms with van der Waals surface area (Å²) in [6, 6.07) is 12.4. The number of hydrogen-bond acceptors (Lipinski definition) is 5. The monoisotopic (exact) mass is 433 g/mol. The minimum Gasteiger partial charge on any atom is -0.381 e. The van der Waals surface area contributed by atoms with Gasteiger partial charge < -0.3 is 19.4 Å². The van der Waals surface area contributed by atoms with Gasteiger partial charge in [0.15, 0.2) is 0 Å². The fraction of sp³-hybridized carbons (Fsp3) is 0.440. The van der Waals surface area contributed by atoms with Crippen LogP contribution in [0.4, 0.5) is 5.82 Å². The maximum absolute atomic E-state index is 12.8. The summed E-state index contributed by atoms with van der Waals surface area (Å²) < 4.78 is 7.56. The molecule has 32 heavy (non-hydrogen) atoms. The number of amides is 1. The van der Waals surface area contributed by atoms with E-state index >= 15 is 0 Å². The molecule has 0 saturated carbocycles. The molecule has 0 bridgehead atoms. The standard InChI is InChI=1S/C25H31N5O2/c31-25(27-17-20-7-14-32-15-8-20)22-3-4-23-5-6-24(30(23)19-22)29-12-10-28(11-13-29)18-21-2-1-9-26-16-21/h1-6,9,16,19-20H,7-8,10-15,17-18H2,(H,27,31). The van der Waals surface area contributed by atoms with Gasteiger partial charge in [-0.2, -0.15) is 0 Å². The largest absolute Gasteiger partial charge is 0.381 e. The highest BCUT2D eigenvalue weighted by atomic mass is 16.5. The second kappa shape index (κ2) is 9.71. The molecule has 2 aliphatic rings. The number of anilines is 1. The molecule has 2 fully saturated rings. The zero-order valence-corrected chi connectivity index (χ0v) is 18.4. The number of carbonyl (C=O) groups excluding carboxylic acids is 1. The predicted octanol–water partition coefficient (Wildman–Crippen LogP) is 2.81. The SMILES string of the molecule is O=C(NCC1CCOCC1)c1ccc2ccc(N3CCN(Cc4cccnc4)CC3)n2c1. The molecule has 0 radical (unpaired) electrons. The highest BCUT2D eigenvalue weighted by Gasteiger charge is 2.20. The number of aromatic nitrogens is 2. The number of pyridine rings is 2. The highest BCUT2D eigenvalue weighted by molar-refractivity contribution is 5.94. The molecule has 1 amide bonds. The summed E-state index contributed by atoms with van der Waals surface area (Å²) in [6.07, 6.45) is 7.79. The zero-order valence-electron chi connectivity index (χ0n) is 18.4. The van der Waals surface area contributed by atoms with Gasteiger partial charge in [0.25, 0.3) is 5.91 Å². The summed E-state index contributed by atoms with van der Waals surface area (Å²) in [5.74, 6) is 1.67. The minimum absolute atomic E-state index is 0.000619. The number of nitrogens with zero attached hydrogens (tertiary/aromatic N) is 4. The Morgan fingerprint density at radius 2 is 1.88 bits per heavy atom. The number of nitrogens with one attached hydrogen (secondary N) is 1. The van der Waals surface area contributed by atoms with Gasteiger partial charge in [0.1, 0.15) is 5.82 Å². The van der Waals surface area contributed by atoms with Gasteiger partial charge >= 0.3 is 0 Å². The molecule has 0 atom stereocenters. The Morgan fingerprint density at radius 1 is 1.06 bits per heavy atom. The van der Waals surface area contributed by atoms with Crippen LogP contribution in [0.5, 0.6) is 0 Å². The number of hydrogen-bond donors (Lipinski definition) is 1. The van der Waals surface area contributed by atoms with Crippen molar-refractivity contribution >= 4 is 17.2 Å². The lowest BCUT2D eigenvalue weighted by molar-refractivity contribution is 0.0642. The first-order valence-electron chi connectivity index (χ1n) is 11.6. The van der Waals surface area contributed by atoms with E-state index < -0.39 is 0 Å². The van der Waals surface area contributed by atoms with Gasteiger partial charge in [-0.1, -0.05) is 6.07 Å². The molecule has 5 heterocycles.